The van der Waals surface area contributed by atoms with Gasteiger partial charge in [-0.05, 0) is 19.1 Å². The number of aromatic nitrogens is 2. The first-order chi connectivity index (χ1) is 9.54. The molecule has 1 amide bonds. The molecule has 0 fully saturated rings. The Bertz CT molecular complexity index is 663. The maximum Gasteiger partial charge on any atom is 0.341 e. The van der Waals surface area contributed by atoms with Gasteiger partial charge in [-0.25, -0.2) is 4.79 Å². The third-order valence-corrected chi connectivity index (χ3v) is 2.74. The predicted octanol–water partition coefficient (Wildman–Crippen LogP) is 1.68. The van der Waals surface area contributed by atoms with E-state index in [9.17, 15) is 9.59 Å². The van der Waals surface area contributed by atoms with E-state index in [0.29, 0.717) is 17.0 Å². The molecule has 2 aromatic rings. The van der Waals surface area contributed by atoms with E-state index in [0.717, 1.165) is 0 Å². The molecular formula is C13H13N3O4. The number of methoxy groups -OCH3 is 1. The molecule has 0 atom stereocenters. The normalized spacial score (nSPS) is 10.1. The molecular weight excluding hydrogens is 262 g/mol. The molecule has 104 valence electrons. The van der Waals surface area contributed by atoms with Crippen LogP contribution in [0.1, 0.15) is 26.4 Å². The average Bonchev–Trinajstić information content (AvgIpc) is 2.79. The molecule has 2 rings (SSSR count). The Balaban J connectivity index is 2.31. The monoisotopic (exact) mass is 275 g/mol. The minimum Gasteiger partial charge on any atom is -0.496 e. The van der Waals surface area contributed by atoms with E-state index in [1.54, 1.807) is 31.2 Å². The highest BCUT2D eigenvalue weighted by Crippen LogP contribution is 2.21. The number of hydrogen-bond acceptors (Lipinski definition) is 4. The molecule has 20 heavy (non-hydrogen) atoms. The van der Waals surface area contributed by atoms with Crippen molar-refractivity contribution in [3.8, 4) is 5.75 Å². The fourth-order valence-electron chi connectivity index (χ4n) is 1.79. The number of amides is 1. The van der Waals surface area contributed by atoms with Crippen molar-refractivity contribution in [1.29, 1.82) is 0 Å². The first kappa shape index (κ1) is 13.6. The Morgan fingerprint density at radius 1 is 1.35 bits per heavy atom. The second-order valence-corrected chi connectivity index (χ2v) is 4.03. The van der Waals surface area contributed by atoms with Gasteiger partial charge in [0.15, 0.2) is 5.82 Å². The van der Waals surface area contributed by atoms with Crippen LogP contribution in [0.5, 0.6) is 5.75 Å². The van der Waals surface area contributed by atoms with E-state index in [1.807, 2.05) is 0 Å². The molecule has 0 aliphatic heterocycles. The van der Waals surface area contributed by atoms with E-state index in [2.05, 4.69) is 15.5 Å². The van der Waals surface area contributed by atoms with E-state index in [1.165, 1.54) is 7.11 Å². The number of rotatable bonds is 4. The van der Waals surface area contributed by atoms with Crippen LogP contribution in [0, 0.1) is 6.92 Å². The lowest BCUT2D eigenvalue weighted by atomic mass is 10.2. The molecule has 7 heteroatoms. The van der Waals surface area contributed by atoms with Crippen molar-refractivity contribution in [3.63, 3.8) is 0 Å². The zero-order valence-electron chi connectivity index (χ0n) is 10.9. The van der Waals surface area contributed by atoms with Gasteiger partial charge in [0.05, 0.1) is 12.7 Å². The van der Waals surface area contributed by atoms with Gasteiger partial charge in [0.25, 0.3) is 5.91 Å². The van der Waals surface area contributed by atoms with Gasteiger partial charge in [0, 0.05) is 5.69 Å². The van der Waals surface area contributed by atoms with Crippen LogP contribution in [0.3, 0.4) is 0 Å². The molecule has 1 aromatic heterocycles. The maximum atomic E-state index is 12.1. The standard InChI is InChI=1S/C13H13N3O4/c1-7-10(13(18)19)11(16-15-7)14-12(17)8-5-3-4-6-9(8)20-2/h3-6H,1-2H3,(H,18,19)(H2,14,15,16,17). The number of aromatic amines is 1. The van der Waals surface area contributed by atoms with Crippen molar-refractivity contribution in [2.24, 2.45) is 0 Å². The Kier molecular flexibility index (Phi) is 3.69. The number of ether oxygens (including phenoxy) is 1. The highest BCUT2D eigenvalue weighted by atomic mass is 16.5. The number of aromatic carboxylic acids is 1. The van der Waals surface area contributed by atoms with Crippen LogP contribution < -0.4 is 10.1 Å². The summed E-state index contributed by atoms with van der Waals surface area (Å²) in [5, 5.41) is 17.9. The van der Waals surface area contributed by atoms with E-state index in [-0.39, 0.29) is 11.4 Å². The summed E-state index contributed by atoms with van der Waals surface area (Å²) in [6.45, 7) is 1.56. The molecule has 0 spiro atoms. The predicted molar refractivity (Wildman–Crippen MR) is 71.2 cm³/mol. The number of anilines is 1. The first-order valence-corrected chi connectivity index (χ1v) is 5.77. The van der Waals surface area contributed by atoms with Crippen molar-refractivity contribution in [3.05, 3.63) is 41.1 Å². The first-order valence-electron chi connectivity index (χ1n) is 5.77. The molecule has 0 saturated heterocycles. The molecule has 1 aromatic carbocycles. The van der Waals surface area contributed by atoms with E-state index in [4.69, 9.17) is 9.84 Å². The van der Waals surface area contributed by atoms with Crippen LogP contribution >= 0.6 is 0 Å². The summed E-state index contributed by atoms with van der Waals surface area (Å²) in [5.41, 5.74) is 0.605. The summed E-state index contributed by atoms with van der Waals surface area (Å²) < 4.78 is 5.08. The average molecular weight is 275 g/mol. The molecule has 0 bridgehead atoms. The van der Waals surface area contributed by atoms with Gasteiger partial charge in [0.1, 0.15) is 11.3 Å². The summed E-state index contributed by atoms with van der Waals surface area (Å²) in [4.78, 5) is 23.2. The molecule has 0 aliphatic carbocycles. The van der Waals surface area contributed by atoms with Gasteiger partial charge >= 0.3 is 5.97 Å². The summed E-state index contributed by atoms with van der Waals surface area (Å²) in [5.74, 6) is -1.27. The summed E-state index contributed by atoms with van der Waals surface area (Å²) in [6.07, 6.45) is 0. The van der Waals surface area contributed by atoms with Gasteiger partial charge in [-0.2, -0.15) is 5.10 Å². The molecule has 3 N–H and O–H groups in total. The third-order valence-electron chi connectivity index (χ3n) is 2.74. The molecule has 0 saturated carbocycles. The maximum absolute atomic E-state index is 12.1. The van der Waals surface area contributed by atoms with Crippen LogP contribution in [0.2, 0.25) is 0 Å². The van der Waals surface area contributed by atoms with Crippen LogP contribution in [0.4, 0.5) is 5.82 Å². The number of hydrogen-bond donors (Lipinski definition) is 3. The fraction of sp³-hybridized carbons (Fsp3) is 0.154. The second kappa shape index (κ2) is 5.43. The number of carbonyl (C=O) groups is 2. The lowest BCUT2D eigenvalue weighted by molar-refractivity contribution is 0.0697. The molecule has 0 radical (unpaired) electrons. The molecule has 7 nitrogen and oxygen atoms in total. The zero-order chi connectivity index (χ0) is 14.7. The van der Waals surface area contributed by atoms with Gasteiger partial charge in [-0.1, -0.05) is 12.1 Å². The molecule has 0 unspecified atom stereocenters. The van der Waals surface area contributed by atoms with Gasteiger partial charge in [-0.3, -0.25) is 9.89 Å². The largest absolute Gasteiger partial charge is 0.496 e. The Morgan fingerprint density at radius 3 is 2.70 bits per heavy atom. The summed E-state index contributed by atoms with van der Waals surface area (Å²) in [6, 6.07) is 6.64. The van der Waals surface area contributed by atoms with Crippen molar-refractivity contribution in [2.75, 3.05) is 12.4 Å². The topological polar surface area (TPSA) is 104 Å². The highest BCUT2D eigenvalue weighted by molar-refractivity contribution is 6.08. The quantitative estimate of drug-likeness (QED) is 0.787. The number of benzene rings is 1. The van der Waals surface area contributed by atoms with Crippen LogP contribution in [0.15, 0.2) is 24.3 Å². The third kappa shape index (κ3) is 2.46. The number of H-pyrrole nitrogens is 1. The van der Waals surface area contributed by atoms with Crippen molar-refractivity contribution >= 4 is 17.7 Å². The lowest BCUT2D eigenvalue weighted by Gasteiger charge is -2.07. The van der Waals surface area contributed by atoms with Crippen molar-refractivity contribution in [2.45, 2.75) is 6.92 Å². The SMILES string of the molecule is COc1ccccc1C(=O)Nc1n[nH]c(C)c1C(=O)O. The van der Waals surface area contributed by atoms with Gasteiger partial charge < -0.3 is 15.2 Å². The minimum atomic E-state index is -1.16. The minimum absolute atomic E-state index is 0.0223. The molecule has 0 aliphatic rings. The number of nitrogens with one attached hydrogen (secondary N) is 2. The summed E-state index contributed by atoms with van der Waals surface area (Å²) in [7, 11) is 1.45. The second-order valence-electron chi connectivity index (χ2n) is 4.03. The van der Waals surface area contributed by atoms with Gasteiger partial charge in [-0.15, -0.1) is 0 Å². The highest BCUT2D eigenvalue weighted by Gasteiger charge is 2.20. The van der Waals surface area contributed by atoms with E-state index >= 15 is 0 Å². The smallest absolute Gasteiger partial charge is 0.341 e. The number of carboxylic acids is 1. The number of para-hydroxylation sites is 1. The zero-order valence-corrected chi connectivity index (χ0v) is 10.9. The van der Waals surface area contributed by atoms with Crippen LogP contribution in [-0.2, 0) is 0 Å². The van der Waals surface area contributed by atoms with Crippen LogP contribution in [0.25, 0.3) is 0 Å². The van der Waals surface area contributed by atoms with Crippen molar-refractivity contribution < 1.29 is 19.4 Å². The Labute approximate surface area is 114 Å². The van der Waals surface area contributed by atoms with E-state index < -0.39 is 11.9 Å². The Morgan fingerprint density at radius 2 is 2.05 bits per heavy atom. The summed E-state index contributed by atoms with van der Waals surface area (Å²) >= 11 is 0. The van der Waals surface area contributed by atoms with Crippen LogP contribution in [-0.4, -0.2) is 34.3 Å². The van der Waals surface area contributed by atoms with Crippen molar-refractivity contribution in [1.82, 2.24) is 10.2 Å². The van der Waals surface area contributed by atoms with Gasteiger partial charge in [0.2, 0.25) is 0 Å². The number of aryl methyl sites for hydroxylation is 1. The fourth-order valence-corrected chi connectivity index (χ4v) is 1.79. The number of carboxylic acid groups (broad SMARTS) is 1. The lowest BCUT2D eigenvalue weighted by Crippen LogP contribution is -2.15. The Hall–Kier alpha value is -2.83. The molecule has 1 heterocycles. The number of nitrogens with zero attached hydrogens (tertiary/aromatic N) is 1. The number of carbonyl (C=O) groups excluding carboxylic acids is 1.